The molecule has 2 aromatic carbocycles. The normalized spacial score (nSPS) is 11.2. The summed E-state index contributed by atoms with van der Waals surface area (Å²) in [5, 5.41) is 9.01. The van der Waals surface area contributed by atoms with E-state index in [0.29, 0.717) is 35.5 Å². The van der Waals surface area contributed by atoms with Crippen LogP contribution in [0.25, 0.3) is 16.9 Å². The second-order valence-electron chi connectivity index (χ2n) is 8.12. The molecule has 0 aliphatic rings. The number of hydrogen-bond acceptors (Lipinski definition) is 4. The quantitative estimate of drug-likeness (QED) is 0.503. The van der Waals surface area contributed by atoms with Crippen molar-refractivity contribution in [2.24, 2.45) is 5.92 Å². The highest BCUT2D eigenvalue weighted by molar-refractivity contribution is 5.72. The molecular formula is C24H23N5O2. The van der Waals surface area contributed by atoms with Crippen LogP contribution in [0.15, 0.2) is 64.4 Å². The van der Waals surface area contributed by atoms with Crippen molar-refractivity contribution in [2.45, 2.75) is 33.9 Å². The summed E-state index contributed by atoms with van der Waals surface area (Å²) in [6.45, 7) is 6.65. The lowest BCUT2D eigenvalue weighted by Gasteiger charge is -2.14. The molecule has 0 aliphatic heterocycles. The van der Waals surface area contributed by atoms with Crippen LogP contribution in [-0.4, -0.2) is 18.7 Å². The van der Waals surface area contributed by atoms with Crippen LogP contribution < -0.4 is 11.2 Å². The molecule has 0 saturated heterocycles. The minimum Gasteiger partial charge on any atom is -0.320 e. The van der Waals surface area contributed by atoms with Gasteiger partial charge in [-0.1, -0.05) is 43.7 Å². The SMILES string of the molecule is Cc1ccc(-n2c(=O)n(CC(C)C)c(=O)c3c2ncn3Cc2ccc(C#N)cc2)cc1. The molecule has 2 heterocycles. The van der Waals surface area contributed by atoms with E-state index < -0.39 is 5.69 Å². The second-order valence-corrected chi connectivity index (χ2v) is 8.12. The van der Waals surface area contributed by atoms with Crippen LogP contribution >= 0.6 is 0 Å². The molecule has 0 N–H and O–H groups in total. The Labute approximate surface area is 179 Å². The number of nitrogens with zero attached hydrogens (tertiary/aromatic N) is 5. The predicted octanol–water partition coefficient (Wildman–Crippen LogP) is 3.23. The Balaban J connectivity index is 1.95. The summed E-state index contributed by atoms with van der Waals surface area (Å²) in [6.07, 6.45) is 1.59. The fraction of sp³-hybridized carbons (Fsp3) is 0.250. The molecule has 156 valence electrons. The first kappa shape index (κ1) is 20.4. The van der Waals surface area contributed by atoms with Crippen LogP contribution in [0, 0.1) is 24.2 Å². The molecule has 4 aromatic rings. The summed E-state index contributed by atoms with van der Waals surface area (Å²) < 4.78 is 4.57. The van der Waals surface area contributed by atoms with Gasteiger partial charge in [-0.15, -0.1) is 0 Å². The van der Waals surface area contributed by atoms with Gasteiger partial charge < -0.3 is 4.57 Å². The molecule has 0 saturated carbocycles. The topological polar surface area (TPSA) is 85.6 Å². The van der Waals surface area contributed by atoms with E-state index in [4.69, 9.17) is 5.26 Å². The molecule has 7 heteroatoms. The lowest BCUT2D eigenvalue weighted by Crippen LogP contribution is -2.41. The third kappa shape index (κ3) is 3.80. The number of imidazole rings is 1. The number of benzene rings is 2. The highest BCUT2D eigenvalue weighted by Gasteiger charge is 2.19. The lowest BCUT2D eigenvalue weighted by molar-refractivity contribution is 0.489. The third-order valence-electron chi connectivity index (χ3n) is 5.18. The minimum absolute atomic E-state index is 0.129. The van der Waals surface area contributed by atoms with Crippen molar-refractivity contribution >= 4 is 11.2 Å². The first-order chi connectivity index (χ1) is 14.9. The molecule has 7 nitrogen and oxygen atoms in total. The van der Waals surface area contributed by atoms with E-state index in [0.717, 1.165) is 11.1 Å². The van der Waals surface area contributed by atoms with E-state index >= 15 is 0 Å². The van der Waals surface area contributed by atoms with Crippen LogP contribution in [0.3, 0.4) is 0 Å². The molecule has 0 fully saturated rings. The first-order valence-corrected chi connectivity index (χ1v) is 10.2. The van der Waals surface area contributed by atoms with Crippen LogP contribution in [0.1, 0.15) is 30.5 Å². The number of aryl methyl sites for hydroxylation is 1. The molecule has 0 radical (unpaired) electrons. The average Bonchev–Trinajstić information content (AvgIpc) is 3.16. The maximum atomic E-state index is 13.3. The average molecular weight is 413 g/mol. The van der Waals surface area contributed by atoms with Crippen LogP contribution in [-0.2, 0) is 13.1 Å². The summed E-state index contributed by atoms with van der Waals surface area (Å²) >= 11 is 0. The van der Waals surface area contributed by atoms with Gasteiger partial charge in [0.25, 0.3) is 5.56 Å². The zero-order valence-electron chi connectivity index (χ0n) is 17.7. The number of fused-ring (bicyclic) bond motifs is 1. The molecule has 0 aliphatic carbocycles. The van der Waals surface area contributed by atoms with Crippen molar-refractivity contribution in [1.29, 1.82) is 5.26 Å². The summed E-state index contributed by atoms with van der Waals surface area (Å²) in [4.78, 5) is 31.1. The number of aromatic nitrogens is 4. The van der Waals surface area contributed by atoms with Gasteiger partial charge in [-0.05, 0) is 42.7 Å². The largest absolute Gasteiger partial charge is 0.337 e. The fourth-order valence-corrected chi connectivity index (χ4v) is 3.63. The van der Waals surface area contributed by atoms with Crippen molar-refractivity contribution in [3.05, 3.63) is 92.4 Å². The Morgan fingerprint density at radius 3 is 2.32 bits per heavy atom. The molecule has 0 amide bonds. The second kappa shape index (κ2) is 8.07. The summed E-state index contributed by atoms with van der Waals surface area (Å²) in [6, 6.07) is 16.9. The van der Waals surface area contributed by atoms with E-state index in [9.17, 15) is 9.59 Å². The molecular weight excluding hydrogens is 390 g/mol. The van der Waals surface area contributed by atoms with Gasteiger partial charge in [0.2, 0.25) is 0 Å². The Bertz CT molecular complexity index is 1400. The number of rotatable bonds is 5. The fourth-order valence-electron chi connectivity index (χ4n) is 3.63. The Morgan fingerprint density at radius 1 is 1.03 bits per heavy atom. The highest BCUT2D eigenvalue weighted by atomic mass is 16.2. The maximum Gasteiger partial charge on any atom is 0.337 e. The standard InChI is InChI=1S/C24H23N5O2/c1-16(2)13-28-23(30)21-22(29(24(28)31)20-10-4-17(3)5-11-20)26-15-27(21)14-19-8-6-18(12-25)7-9-19/h4-11,15-16H,13-14H2,1-3H3. The monoisotopic (exact) mass is 413 g/mol. The zero-order chi connectivity index (χ0) is 22.1. The Hall–Kier alpha value is -3.92. The summed E-state index contributed by atoms with van der Waals surface area (Å²) in [5.74, 6) is 0.129. The van der Waals surface area contributed by atoms with Gasteiger partial charge in [0, 0.05) is 13.1 Å². The van der Waals surface area contributed by atoms with E-state index in [2.05, 4.69) is 11.1 Å². The number of hydrogen-bond donors (Lipinski definition) is 0. The molecule has 31 heavy (non-hydrogen) atoms. The molecule has 0 unspecified atom stereocenters. The van der Waals surface area contributed by atoms with Gasteiger partial charge in [0.1, 0.15) is 0 Å². The van der Waals surface area contributed by atoms with Crippen molar-refractivity contribution < 1.29 is 0 Å². The number of nitriles is 1. The molecule has 0 atom stereocenters. The maximum absolute atomic E-state index is 13.3. The predicted molar refractivity (Wildman–Crippen MR) is 119 cm³/mol. The molecule has 4 rings (SSSR count). The molecule has 0 bridgehead atoms. The van der Waals surface area contributed by atoms with E-state index in [1.807, 2.05) is 57.2 Å². The van der Waals surface area contributed by atoms with E-state index in [1.54, 1.807) is 23.0 Å². The van der Waals surface area contributed by atoms with Crippen LogP contribution in [0.5, 0.6) is 0 Å². The van der Waals surface area contributed by atoms with E-state index in [-0.39, 0.29) is 11.5 Å². The smallest absolute Gasteiger partial charge is 0.320 e. The van der Waals surface area contributed by atoms with Gasteiger partial charge in [-0.3, -0.25) is 9.36 Å². The van der Waals surface area contributed by atoms with Crippen molar-refractivity contribution in [3.8, 4) is 11.8 Å². The van der Waals surface area contributed by atoms with E-state index in [1.165, 1.54) is 9.13 Å². The zero-order valence-corrected chi connectivity index (χ0v) is 17.7. The van der Waals surface area contributed by atoms with Gasteiger partial charge >= 0.3 is 5.69 Å². The van der Waals surface area contributed by atoms with Gasteiger partial charge in [-0.25, -0.2) is 14.3 Å². The molecule has 2 aromatic heterocycles. The third-order valence-corrected chi connectivity index (χ3v) is 5.18. The van der Waals surface area contributed by atoms with Crippen LogP contribution in [0.4, 0.5) is 0 Å². The van der Waals surface area contributed by atoms with Crippen molar-refractivity contribution in [1.82, 2.24) is 18.7 Å². The van der Waals surface area contributed by atoms with Gasteiger partial charge in [0.05, 0.1) is 23.6 Å². The lowest BCUT2D eigenvalue weighted by atomic mass is 10.1. The van der Waals surface area contributed by atoms with Crippen LogP contribution in [0.2, 0.25) is 0 Å². The molecule has 0 spiro atoms. The van der Waals surface area contributed by atoms with Gasteiger partial charge in [0.15, 0.2) is 11.2 Å². The highest BCUT2D eigenvalue weighted by Crippen LogP contribution is 2.16. The van der Waals surface area contributed by atoms with Crippen molar-refractivity contribution in [3.63, 3.8) is 0 Å². The Kier molecular flexibility index (Phi) is 5.30. The summed E-state index contributed by atoms with van der Waals surface area (Å²) in [5.41, 5.74) is 3.24. The van der Waals surface area contributed by atoms with Crippen molar-refractivity contribution in [2.75, 3.05) is 0 Å². The summed E-state index contributed by atoms with van der Waals surface area (Å²) in [7, 11) is 0. The Morgan fingerprint density at radius 2 is 1.71 bits per heavy atom. The van der Waals surface area contributed by atoms with Gasteiger partial charge in [-0.2, -0.15) is 5.26 Å². The first-order valence-electron chi connectivity index (χ1n) is 10.2. The minimum atomic E-state index is -0.390.